The van der Waals surface area contributed by atoms with E-state index in [1.165, 1.54) is 10.6 Å². The molecule has 1 aliphatic carbocycles. The Kier molecular flexibility index (Phi) is 4.33. The summed E-state index contributed by atoms with van der Waals surface area (Å²) in [4.78, 5) is 19.0. The van der Waals surface area contributed by atoms with Gasteiger partial charge in [0.15, 0.2) is 5.69 Å². The van der Waals surface area contributed by atoms with Gasteiger partial charge in [-0.2, -0.15) is 4.39 Å². The minimum absolute atomic E-state index is 0.0301. The van der Waals surface area contributed by atoms with Crippen molar-refractivity contribution < 1.29 is 13.9 Å². The smallest absolute Gasteiger partial charge is 0.277 e. The van der Waals surface area contributed by atoms with E-state index in [1.54, 1.807) is 17.0 Å². The lowest BCUT2D eigenvalue weighted by molar-refractivity contribution is -0.0865. The Balaban J connectivity index is 1.47. The number of hydrogen-bond acceptors (Lipinski definition) is 3. The summed E-state index contributed by atoms with van der Waals surface area (Å²) in [7, 11) is 0. The highest BCUT2D eigenvalue weighted by Gasteiger charge is 2.41. The van der Waals surface area contributed by atoms with Gasteiger partial charge in [-0.3, -0.25) is 9.20 Å². The zero-order valence-corrected chi connectivity index (χ0v) is 15.8. The van der Waals surface area contributed by atoms with Crippen LogP contribution < -0.4 is 0 Å². The molecule has 1 saturated heterocycles. The number of imidazole rings is 1. The molecular formula is C21H19ClFN3O2. The highest BCUT2D eigenvalue weighted by molar-refractivity contribution is 6.30. The van der Waals surface area contributed by atoms with Crippen LogP contribution in [0.5, 0.6) is 0 Å². The van der Waals surface area contributed by atoms with Gasteiger partial charge >= 0.3 is 0 Å². The van der Waals surface area contributed by atoms with Crippen molar-refractivity contribution in [1.82, 2.24) is 14.3 Å². The summed E-state index contributed by atoms with van der Waals surface area (Å²) in [5.74, 6) is -0.632. The zero-order chi connectivity index (χ0) is 19.3. The number of ether oxygens (including phenoxy) is 1. The molecule has 3 heterocycles. The minimum Gasteiger partial charge on any atom is -0.366 e. The predicted octanol–water partition coefficient (Wildman–Crippen LogP) is 4.12. The molecule has 7 heteroatoms. The molecule has 2 atom stereocenters. The maximum Gasteiger partial charge on any atom is 0.277 e. The largest absolute Gasteiger partial charge is 0.366 e. The van der Waals surface area contributed by atoms with Gasteiger partial charge in [0.25, 0.3) is 5.91 Å². The third-order valence-electron chi connectivity index (χ3n) is 5.46. The molecule has 1 saturated carbocycles. The normalized spacial score (nSPS) is 22.6. The third-order valence-corrected chi connectivity index (χ3v) is 5.68. The molecule has 5 nitrogen and oxygen atoms in total. The van der Waals surface area contributed by atoms with E-state index >= 15 is 0 Å². The molecule has 3 aromatic rings. The van der Waals surface area contributed by atoms with Crippen LogP contribution in [0.3, 0.4) is 0 Å². The summed E-state index contributed by atoms with van der Waals surface area (Å²) in [6, 6.07) is 13.1. The van der Waals surface area contributed by atoms with Crippen molar-refractivity contribution >= 4 is 23.2 Å². The topological polar surface area (TPSA) is 46.8 Å². The van der Waals surface area contributed by atoms with Crippen LogP contribution >= 0.6 is 11.6 Å². The summed E-state index contributed by atoms with van der Waals surface area (Å²) < 4.78 is 22.4. The Morgan fingerprint density at radius 1 is 1.14 bits per heavy atom. The number of aromatic nitrogens is 2. The van der Waals surface area contributed by atoms with E-state index in [4.69, 9.17) is 16.3 Å². The van der Waals surface area contributed by atoms with Crippen LogP contribution in [-0.4, -0.2) is 39.4 Å². The second kappa shape index (κ2) is 6.87. The summed E-state index contributed by atoms with van der Waals surface area (Å²) in [6.07, 6.45) is 3.39. The maximum absolute atomic E-state index is 14.9. The number of benzene rings is 1. The van der Waals surface area contributed by atoms with E-state index in [0.717, 1.165) is 18.4 Å². The maximum atomic E-state index is 14.9. The number of morpholine rings is 1. The van der Waals surface area contributed by atoms with Gasteiger partial charge in [-0.25, -0.2) is 4.98 Å². The average molecular weight is 400 g/mol. The number of carbonyl (C=O) groups is 1. The molecule has 1 amide bonds. The second-order valence-corrected chi connectivity index (χ2v) is 7.88. The van der Waals surface area contributed by atoms with Gasteiger partial charge in [-0.05, 0) is 36.5 Å². The molecule has 0 spiro atoms. The number of amides is 1. The summed E-state index contributed by atoms with van der Waals surface area (Å²) in [6.45, 7) is 0.834. The Morgan fingerprint density at radius 2 is 1.93 bits per heavy atom. The monoisotopic (exact) mass is 399 g/mol. The van der Waals surface area contributed by atoms with Crippen LogP contribution in [0, 0.1) is 11.9 Å². The van der Waals surface area contributed by atoms with Crippen molar-refractivity contribution in [1.29, 1.82) is 0 Å². The van der Waals surface area contributed by atoms with Gasteiger partial charge in [0.05, 0.1) is 17.7 Å². The van der Waals surface area contributed by atoms with Gasteiger partial charge in [-0.15, -0.1) is 0 Å². The Morgan fingerprint density at radius 3 is 2.68 bits per heavy atom. The SMILES string of the molecule is O=C(c1nc2ccc(Cl)cn2c1F)N1C[C@@H](c2ccccc2)O[C@@H](C2CC2)C1. The molecule has 0 unspecified atom stereocenters. The van der Waals surface area contributed by atoms with Gasteiger partial charge < -0.3 is 9.64 Å². The molecule has 144 valence electrons. The van der Waals surface area contributed by atoms with E-state index in [2.05, 4.69) is 4.98 Å². The van der Waals surface area contributed by atoms with Crippen molar-refractivity contribution in [3.05, 3.63) is 70.9 Å². The van der Waals surface area contributed by atoms with Crippen LogP contribution in [0.15, 0.2) is 48.7 Å². The van der Waals surface area contributed by atoms with Crippen molar-refractivity contribution in [3.63, 3.8) is 0 Å². The average Bonchev–Trinajstić information content (AvgIpc) is 3.53. The first-order chi connectivity index (χ1) is 13.6. The Labute approximate surface area is 166 Å². The second-order valence-electron chi connectivity index (χ2n) is 7.45. The van der Waals surface area contributed by atoms with E-state index in [1.807, 2.05) is 30.3 Å². The Bertz CT molecular complexity index is 1030. The predicted molar refractivity (Wildman–Crippen MR) is 103 cm³/mol. The van der Waals surface area contributed by atoms with Crippen LogP contribution in [-0.2, 0) is 4.74 Å². The molecule has 2 fully saturated rings. The van der Waals surface area contributed by atoms with E-state index in [9.17, 15) is 9.18 Å². The molecule has 5 rings (SSSR count). The molecule has 2 aromatic heterocycles. The van der Waals surface area contributed by atoms with Crippen LogP contribution in [0.4, 0.5) is 4.39 Å². The van der Waals surface area contributed by atoms with Crippen molar-refractivity contribution in [3.8, 4) is 0 Å². The Hall–Kier alpha value is -2.44. The van der Waals surface area contributed by atoms with Crippen molar-refractivity contribution in [2.45, 2.75) is 25.0 Å². The highest BCUT2D eigenvalue weighted by atomic mass is 35.5. The van der Waals surface area contributed by atoms with Crippen LogP contribution in [0.2, 0.25) is 5.02 Å². The zero-order valence-electron chi connectivity index (χ0n) is 15.1. The number of pyridine rings is 1. The fourth-order valence-corrected chi connectivity index (χ4v) is 3.97. The summed E-state index contributed by atoms with van der Waals surface area (Å²) in [5.41, 5.74) is 1.20. The van der Waals surface area contributed by atoms with Gasteiger partial charge in [-0.1, -0.05) is 41.9 Å². The molecule has 0 bridgehead atoms. The number of halogens is 2. The molecule has 0 radical (unpaired) electrons. The fourth-order valence-electron chi connectivity index (χ4n) is 3.81. The molecule has 1 aromatic carbocycles. The quantitative estimate of drug-likeness (QED) is 0.665. The third kappa shape index (κ3) is 3.16. The molecule has 28 heavy (non-hydrogen) atoms. The van der Waals surface area contributed by atoms with Gasteiger partial charge in [0.2, 0.25) is 5.95 Å². The van der Waals surface area contributed by atoms with Crippen LogP contribution in [0.1, 0.15) is 35.0 Å². The van der Waals surface area contributed by atoms with E-state index < -0.39 is 11.9 Å². The lowest BCUT2D eigenvalue weighted by atomic mass is 10.0. The number of carbonyl (C=O) groups excluding carboxylic acids is 1. The van der Waals surface area contributed by atoms with Crippen LogP contribution in [0.25, 0.3) is 5.65 Å². The first kappa shape index (κ1) is 17.6. The first-order valence-electron chi connectivity index (χ1n) is 9.43. The number of rotatable bonds is 3. The fraction of sp³-hybridized carbons (Fsp3) is 0.333. The van der Waals surface area contributed by atoms with Crippen molar-refractivity contribution in [2.75, 3.05) is 13.1 Å². The molecular weight excluding hydrogens is 381 g/mol. The summed E-state index contributed by atoms with van der Waals surface area (Å²) >= 11 is 5.95. The standard InChI is InChI=1S/C21H19ClFN3O2/c22-15-8-9-18-24-19(20(23)26(18)10-15)21(27)25-11-16(13-4-2-1-3-5-13)28-17(12-25)14-6-7-14/h1-5,8-10,14,16-17H,6-7,11-12H2/t16-,17+/m0/s1. The lowest BCUT2D eigenvalue weighted by Crippen LogP contribution is -2.48. The van der Waals surface area contributed by atoms with Crippen molar-refractivity contribution in [2.24, 2.45) is 5.92 Å². The number of hydrogen-bond donors (Lipinski definition) is 0. The molecule has 2 aliphatic rings. The number of nitrogens with zero attached hydrogens (tertiary/aromatic N) is 3. The highest BCUT2D eigenvalue weighted by Crippen LogP contribution is 2.39. The minimum atomic E-state index is -0.687. The number of fused-ring (bicyclic) bond motifs is 1. The summed E-state index contributed by atoms with van der Waals surface area (Å²) in [5, 5.41) is 0.382. The van der Waals surface area contributed by atoms with Gasteiger partial charge in [0, 0.05) is 12.7 Å². The molecule has 1 aliphatic heterocycles. The van der Waals surface area contributed by atoms with Gasteiger partial charge in [0.1, 0.15) is 11.8 Å². The van der Waals surface area contributed by atoms with E-state index in [0.29, 0.717) is 29.7 Å². The molecule has 0 N–H and O–H groups in total. The lowest BCUT2D eigenvalue weighted by Gasteiger charge is -2.38. The van der Waals surface area contributed by atoms with E-state index in [-0.39, 0.29) is 17.9 Å². The first-order valence-corrected chi connectivity index (χ1v) is 9.81.